The zero-order valence-electron chi connectivity index (χ0n) is 19.2. The van der Waals surface area contributed by atoms with Crippen molar-refractivity contribution in [2.45, 2.75) is 63.8 Å². The van der Waals surface area contributed by atoms with Crippen LogP contribution in [0.15, 0.2) is 30.3 Å². The van der Waals surface area contributed by atoms with Gasteiger partial charge in [-0.15, -0.1) is 0 Å². The summed E-state index contributed by atoms with van der Waals surface area (Å²) in [6, 6.07) is 10.4. The molecule has 0 N–H and O–H groups in total. The van der Waals surface area contributed by atoms with Gasteiger partial charge in [0.25, 0.3) is 0 Å². The molecule has 2 aliphatic rings. The van der Waals surface area contributed by atoms with Crippen LogP contribution in [-0.4, -0.2) is 54.1 Å². The molecule has 4 rings (SSSR count). The Kier molecular flexibility index (Phi) is 6.17. The Labute approximate surface area is 185 Å². The maximum atomic E-state index is 13.9. The number of amides is 1. The van der Waals surface area contributed by atoms with E-state index in [-0.39, 0.29) is 11.9 Å². The molecular formula is C25H34N4O2. The van der Waals surface area contributed by atoms with Crippen LogP contribution in [-0.2, 0) is 10.2 Å². The monoisotopic (exact) mass is 422 g/mol. The van der Waals surface area contributed by atoms with Gasteiger partial charge in [0, 0.05) is 37.9 Å². The molecule has 2 fully saturated rings. The van der Waals surface area contributed by atoms with Crippen LogP contribution in [0, 0.1) is 13.8 Å². The van der Waals surface area contributed by atoms with Crippen molar-refractivity contribution < 1.29 is 9.53 Å². The zero-order chi connectivity index (χ0) is 22.0. The predicted octanol–water partition coefficient (Wildman–Crippen LogP) is 4.04. The average Bonchev–Trinajstić information content (AvgIpc) is 3.29. The van der Waals surface area contributed by atoms with Crippen molar-refractivity contribution >= 4 is 11.7 Å². The first kappa shape index (κ1) is 21.6. The summed E-state index contributed by atoms with van der Waals surface area (Å²) in [5.74, 6) is 2.90. The SMILES string of the molecule is COc1cccc(C2(C(=O)N(C)C3CCN(c4cc(C)nc(C)n4)CC3)CCCC2)c1. The standard InChI is InChI=1S/C25H34N4O2/c1-18-16-23(27-19(2)26-18)29-14-10-21(11-15-29)28(3)24(30)25(12-5-6-13-25)20-8-7-9-22(17-20)31-4/h7-9,16-17,21H,5-6,10-15H2,1-4H3. The van der Waals surface area contributed by atoms with Crippen LogP contribution >= 0.6 is 0 Å². The van der Waals surface area contributed by atoms with Gasteiger partial charge in [-0.1, -0.05) is 25.0 Å². The van der Waals surface area contributed by atoms with Gasteiger partial charge in [0.15, 0.2) is 0 Å². The molecule has 0 unspecified atom stereocenters. The predicted molar refractivity (Wildman–Crippen MR) is 123 cm³/mol. The first-order chi connectivity index (χ1) is 14.9. The van der Waals surface area contributed by atoms with Crippen molar-refractivity contribution in [1.82, 2.24) is 14.9 Å². The number of ether oxygens (including phenoxy) is 1. The number of hydrogen-bond acceptors (Lipinski definition) is 5. The highest BCUT2D eigenvalue weighted by atomic mass is 16.5. The normalized spacial score (nSPS) is 18.8. The molecule has 1 aromatic carbocycles. The van der Waals surface area contributed by atoms with E-state index in [0.29, 0.717) is 0 Å². The minimum Gasteiger partial charge on any atom is -0.497 e. The molecule has 0 atom stereocenters. The summed E-state index contributed by atoms with van der Waals surface area (Å²) < 4.78 is 5.45. The number of rotatable bonds is 5. The number of methoxy groups -OCH3 is 1. The summed E-state index contributed by atoms with van der Waals surface area (Å²) in [7, 11) is 3.69. The van der Waals surface area contributed by atoms with Gasteiger partial charge in [0.05, 0.1) is 12.5 Å². The van der Waals surface area contributed by atoms with Crippen LogP contribution in [0.25, 0.3) is 0 Å². The van der Waals surface area contributed by atoms with Gasteiger partial charge in [-0.3, -0.25) is 4.79 Å². The molecular weight excluding hydrogens is 388 g/mol. The number of hydrogen-bond donors (Lipinski definition) is 0. The Morgan fingerprint density at radius 1 is 1.13 bits per heavy atom. The topological polar surface area (TPSA) is 58.6 Å². The molecule has 1 saturated carbocycles. The Morgan fingerprint density at radius 2 is 1.84 bits per heavy atom. The van der Waals surface area contributed by atoms with Gasteiger partial charge in [0.1, 0.15) is 17.4 Å². The van der Waals surface area contributed by atoms with Crippen LogP contribution in [0.5, 0.6) is 5.75 Å². The maximum absolute atomic E-state index is 13.9. The van der Waals surface area contributed by atoms with E-state index >= 15 is 0 Å². The van der Waals surface area contributed by atoms with Crippen LogP contribution in [0.3, 0.4) is 0 Å². The molecule has 0 spiro atoms. The second-order valence-electron chi connectivity index (χ2n) is 9.07. The van der Waals surface area contributed by atoms with Gasteiger partial charge < -0.3 is 14.5 Å². The first-order valence-electron chi connectivity index (χ1n) is 11.4. The van der Waals surface area contributed by atoms with E-state index in [9.17, 15) is 4.79 Å². The van der Waals surface area contributed by atoms with E-state index in [4.69, 9.17) is 4.74 Å². The van der Waals surface area contributed by atoms with Crippen molar-refractivity contribution in [3.8, 4) is 5.75 Å². The van der Waals surface area contributed by atoms with E-state index in [0.717, 1.165) is 80.3 Å². The number of carbonyl (C=O) groups excluding carboxylic acids is 1. The number of carbonyl (C=O) groups is 1. The van der Waals surface area contributed by atoms with Crippen LogP contribution < -0.4 is 9.64 Å². The van der Waals surface area contributed by atoms with Crippen LogP contribution in [0.2, 0.25) is 0 Å². The van der Waals surface area contributed by atoms with Crippen LogP contribution in [0.4, 0.5) is 5.82 Å². The highest BCUT2D eigenvalue weighted by molar-refractivity contribution is 5.89. The summed E-state index contributed by atoms with van der Waals surface area (Å²) in [4.78, 5) is 27.2. The first-order valence-corrected chi connectivity index (χ1v) is 11.4. The molecule has 1 aliphatic carbocycles. The van der Waals surface area contributed by atoms with E-state index in [1.54, 1.807) is 7.11 Å². The molecule has 2 heterocycles. The number of anilines is 1. The second-order valence-corrected chi connectivity index (χ2v) is 9.07. The quantitative estimate of drug-likeness (QED) is 0.728. The fraction of sp³-hybridized carbons (Fsp3) is 0.560. The van der Waals surface area contributed by atoms with Crippen molar-refractivity contribution in [2.24, 2.45) is 0 Å². The molecule has 2 aromatic rings. The molecule has 6 heteroatoms. The number of benzene rings is 1. The summed E-state index contributed by atoms with van der Waals surface area (Å²) in [6.07, 6.45) is 5.95. The lowest BCUT2D eigenvalue weighted by Gasteiger charge is -2.41. The molecule has 1 aromatic heterocycles. The number of nitrogens with zero attached hydrogens (tertiary/aromatic N) is 4. The molecule has 1 amide bonds. The average molecular weight is 423 g/mol. The van der Waals surface area contributed by atoms with Gasteiger partial charge in [-0.25, -0.2) is 9.97 Å². The molecule has 31 heavy (non-hydrogen) atoms. The lowest BCUT2D eigenvalue weighted by atomic mass is 9.77. The highest BCUT2D eigenvalue weighted by Crippen LogP contribution is 2.44. The molecule has 0 bridgehead atoms. The van der Waals surface area contributed by atoms with E-state index in [1.165, 1.54) is 0 Å². The van der Waals surface area contributed by atoms with E-state index in [1.807, 2.05) is 37.9 Å². The van der Waals surface area contributed by atoms with Crippen molar-refractivity contribution in [1.29, 1.82) is 0 Å². The number of likely N-dealkylation sites (N-methyl/N-ethyl adjacent to an activating group) is 1. The van der Waals surface area contributed by atoms with Gasteiger partial charge in [0.2, 0.25) is 5.91 Å². The summed E-state index contributed by atoms with van der Waals surface area (Å²) in [5.41, 5.74) is 1.69. The van der Waals surface area contributed by atoms with Crippen LogP contribution in [0.1, 0.15) is 55.6 Å². The number of piperidine rings is 1. The fourth-order valence-electron chi connectivity index (χ4n) is 5.37. The third-order valence-corrected chi connectivity index (χ3v) is 7.10. The largest absolute Gasteiger partial charge is 0.497 e. The van der Waals surface area contributed by atoms with Crippen molar-refractivity contribution in [2.75, 3.05) is 32.1 Å². The fourth-order valence-corrected chi connectivity index (χ4v) is 5.37. The smallest absolute Gasteiger partial charge is 0.233 e. The third kappa shape index (κ3) is 4.25. The molecule has 6 nitrogen and oxygen atoms in total. The molecule has 0 radical (unpaired) electrons. The lowest BCUT2D eigenvalue weighted by Crippen LogP contribution is -2.51. The molecule has 166 valence electrons. The lowest BCUT2D eigenvalue weighted by molar-refractivity contribution is -0.138. The minimum atomic E-state index is -0.415. The summed E-state index contributed by atoms with van der Waals surface area (Å²) in [5, 5.41) is 0. The van der Waals surface area contributed by atoms with Gasteiger partial charge in [-0.05, 0) is 57.2 Å². The van der Waals surface area contributed by atoms with Crippen molar-refractivity contribution in [3.05, 3.63) is 47.4 Å². The van der Waals surface area contributed by atoms with Gasteiger partial charge >= 0.3 is 0 Å². The summed E-state index contributed by atoms with van der Waals surface area (Å²) >= 11 is 0. The third-order valence-electron chi connectivity index (χ3n) is 7.10. The number of aromatic nitrogens is 2. The Hall–Kier alpha value is -2.63. The van der Waals surface area contributed by atoms with Crippen molar-refractivity contribution in [3.63, 3.8) is 0 Å². The van der Waals surface area contributed by atoms with Gasteiger partial charge in [-0.2, -0.15) is 0 Å². The second kappa shape index (κ2) is 8.85. The summed E-state index contributed by atoms with van der Waals surface area (Å²) in [6.45, 7) is 5.76. The van der Waals surface area contributed by atoms with E-state index < -0.39 is 5.41 Å². The number of aryl methyl sites for hydroxylation is 2. The minimum absolute atomic E-state index is 0.260. The Bertz CT molecular complexity index is 911. The molecule has 1 saturated heterocycles. The van der Waals surface area contributed by atoms with E-state index in [2.05, 4.69) is 33.1 Å². The maximum Gasteiger partial charge on any atom is 0.233 e. The highest BCUT2D eigenvalue weighted by Gasteiger charge is 2.45. The molecule has 1 aliphatic heterocycles. The Balaban J connectivity index is 1.48. The Morgan fingerprint density at radius 3 is 2.48 bits per heavy atom. The zero-order valence-corrected chi connectivity index (χ0v) is 19.2.